The van der Waals surface area contributed by atoms with Crippen LogP contribution in [0, 0.1) is 6.92 Å². The maximum absolute atomic E-state index is 12.4. The maximum atomic E-state index is 12.4. The Hall–Kier alpha value is -1.93. The molecule has 0 aliphatic carbocycles. The highest BCUT2D eigenvalue weighted by atomic mass is 35.5. The molecular weight excluding hydrogens is 316 g/mol. The van der Waals surface area contributed by atoms with Gasteiger partial charge in [-0.2, -0.15) is 5.10 Å². The van der Waals surface area contributed by atoms with Crippen molar-refractivity contribution in [3.8, 4) is 5.75 Å². The molecule has 0 aliphatic heterocycles. The number of nitrogens with two attached hydrogens (primary N) is 1. The summed E-state index contributed by atoms with van der Waals surface area (Å²) in [5.74, 6) is 0.316. The fraction of sp³-hybridized carbons (Fsp3) is 0.250. The number of anilines is 2. The van der Waals surface area contributed by atoms with Gasteiger partial charge in [-0.3, -0.25) is 9.40 Å². The minimum atomic E-state index is -3.85. The zero-order valence-electron chi connectivity index (χ0n) is 11.7. The number of benzene rings is 1. The van der Waals surface area contributed by atoms with Gasteiger partial charge in [0.1, 0.15) is 5.75 Å². The lowest BCUT2D eigenvalue weighted by Gasteiger charge is -2.10. The highest BCUT2D eigenvalue weighted by Crippen LogP contribution is 2.30. The first-order valence-electron chi connectivity index (χ1n) is 5.91. The molecule has 9 heteroatoms. The zero-order valence-corrected chi connectivity index (χ0v) is 13.3. The van der Waals surface area contributed by atoms with Gasteiger partial charge in [-0.1, -0.05) is 11.6 Å². The summed E-state index contributed by atoms with van der Waals surface area (Å²) in [6.07, 6.45) is 0. The summed E-state index contributed by atoms with van der Waals surface area (Å²) in [4.78, 5) is -0.0427. The first-order valence-corrected chi connectivity index (χ1v) is 7.78. The van der Waals surface area contributed by atoms with E-state index in [-0.39, 0.29) is 10.7 Å². The van der Waals surface area contributed by atoms with Crippen LogP contribution in [0.25, 0.3) is 0 Å². The first kappa shape index (κ1) is 15.5. The Bertz CT molecular complexity index is 786. The van der Waals surface area contributed by atoms with Gasteiger partial charge >= 0.3 is 0 Å². The Kier molecular flexibility index (Phi) is 4.02. The Morgan fingerprint density at radius 3 is 2.62 bits per heavy atom. The number of nitrogen functional groups attached to an aromatic ring is 1. The van der Waals surface area contributed by atoms with Crippen LogP contribution >= 0.6 is 11.6 Å². The van der Waals surface area contributed by atoms with Gasteiger partial charge in [0.25, 0.3) is 10.0 Å². The summed E-state index contributed by atoms with van der Waals surface area (Å²) in [6, 6.07) is 4.56. The van der Waals surface area contributed by atoms with Crippen LogP contribution in [0.4, 0.5) is 11.5 Å². The fourth-order valence-corrected chi connectivity index (χ4v) is 3.45. The molecule has 1 heterocycles. The number of rotatable bonds is 4. The third kappa shape index (κ3) is 2.91. The minimum Gasteiger partial charge on any atom is -0.495 e. The summed E-state index contributed by atoms with van der Waals surface area (Å²) >= 11 is 5.90. The highest BCUT2D eigenvalue weighted by molar-refractivity contribution is 7.93. The van der Waals surface area contributed by atoms with Crippen LogP contribution in [0.3, 0.4) is 0 Å². The van der Waals surface area contributed by atoms with E-state index in [1.54, 1.807) is 14.0 Å². The van der Waals surface area contributed by atoms with E-state index in [9.17, 15) is 8.42 Å². The molecule has 114 valence electrons. The fourth-order valence-electron chi connectivity index (χ4n) is 1.88. The molecule has 0 amide bonds. The van der Waals surface area contributed by atoms with E-state index in [0.717, 1.165) is 0 Å². The Labute approximate surface area is 127 Å². The molecular formula is C12H15ClN4O3S. The summed E-state index contributed by atoms with van der Waals surface area (Å²) in [6.45, 7) is 1.63. The van der Waals surface area contributed by atoms with E-state index in [2.05, 4.69) is 9.82 Å². The van der Waals surface area contributed by atoms with E-state index in [1.165, 1.54) is 30.0 Å². The van der Waals surface area contributed by atoms with Gasteiger partial charge in [-0.15, -0.1) is 0 Å². The number of nitrogens with one attached hydrogen (secondary N) is 1. The molecule has 0 fully saturated rings. The Morgan fingerprint density at radius 1 is 1.43 bits per heavy atom. The number of sulfonamides is 1. The van der Waals surface area contributed by atoms with Crippen molar-refractivity contribution < 1.29 is 13.2 Å². The van der Waals surface area contributed by atoms with Crippen molar-refractivity contribution in [2.24, 2.45) is 7.05 Å². The largest absolute Gasteiger partial charge is 0.495 e. The van der Waals surface area contributed by atoms with Crippen LogP contribution in [-0.4, -0.2) is 25.3 Å². The molecule has 0 saturated carbocycles. The SMILES string of the molecule is COc1cc(NS(=O)(=O)c2c(N)nn(C)c2C)ccc1Cl. The lowest BCUT2D eigenvalue weighted by atomic mass is 10.3. The summed E-state index contributed by atoms with van der Waals surface area (Å²) < 4.78 is 33.7. The van der Waals surface area contributed by atoms with E-state index < -0.39 is 10.0 Å². The monoisotopic (exact) mass is 330 g/mol. The van der Waals surface area contributed by atoms with Crippen molar-refractivity contribution in [2.45, 2.75) is 11.8 Å². The number of halogens is 1. The second-order valence-corrected chi connectivity index (χ2v) is 6.40. The number of hydrogen-bond donors (Lipinski definition) is 2. The van der Waals surface area contributed by atoms with E-state index >= 15 is 0 Å². The molecule has 21 heavy (non-hydrogen) atoms. The number of nitrogens with zero attached hydrogens (tertiary/aromatic N) is 2. The number of hydrogen-bond acceptors (Lipinski definition) is 5. The molecule has 0 radical (unpaired) electrons. The molecule has 1 aromatic carbocycles. The lowest BCUT2D eigenvalue weighted by Crippen LogP contribution is -2.15. The van der Waals surface area contributed by atoms with Crippen LogP contribution in [0.1, 0.15) is 5.69 Å². The summed E-state index contributed by atoms with van der Waals surface area (Å²) in [5, 5.41) is 4.28. The molecule has 1 aromatic heterocycles. The zero-order chi connectivity index (χ0) is 15.8. The Balaban J connectivity index is 2.42. The van der Waals surface area contributed by atoms with Crippen LogP contribution in [0.15, 0.2) is 23.1 Å². The third-order valence-corrected chi connectivity index (χ3v) is 4.84. The predicted octanol–water partition coefficient (Wildman–Crippen LogP) is 1.77. The molecule has 2 rings (SSSR count). The van der Waals surface area contributed by atoms with Gasteiger partial charge in [0.15, 0.2) is 10.7 Å². The smallest absolute Gasteiger partial charge is 0.267 e. The third-order valence-electron chi connectivity index (χ3n) is 2.98. The molecule has 0 aliphatic rings. The summed E-state index contributed by atoms with van der Waals surface area (Å²) in [7, 11) is -0.780. The van der Waals surface area contributed by atoms with Gasteiger partial charge in [0.05, 0.1) is 23.5 Å². The standard InChI is InChI=1S/C12H15ClN4O3S/c1-7-11(12(14)15-17(7)2)21(18,19)16-8-4-5-9(13)10(6-8)20-3/h4-6,16H,1-3H3,(H2,14,15). The average Bonchev–Trinajstić information content (AvgIpc) is 2.65. The van der Waals surface area contributed by atoms with Crippen molar-refractivity contribution in [3.63, 3.8) is 0 Å². The normalized spacial score (nSPS) is 11.4. The highest BCUT2D eigenvalue weighted by Gasteiger charge is 2.24. The number of aryl methyl sites for hydroxylation is 1. The van der Waals surface area contributed by atoms with Crippen molar-refractivity contribution in [3.05, 3.63) is 28.9 Å². The van der Waals surface area contributed by atoms with E-state index in [4.69, 9.17) is 22.1 Å². The maximum Gasteiger partial charge on any atom is 0.267 e. The van der Waals surface area contributed by atoms with Crippen LogP contribution in [0.5, 0.6) is 5.75 Å². The molecule has 0 unspecified atom stereocenters. The lowest BCUT2D eigenvalue weighted by molar-refractivity contribution is 0.415. The van der Waals surface area contributed by atoms with Crippen molar-refractivity contribution >= 4 is 33.1 Å². The molecule has 0 bridgehead atoms. The van der Waals surface area contributed by atoms with E-state index in [1.807, 2.05) is 0 Å². The number of aromatic nitrogens is 2. The van der Waals surface area contributed by atoms with Crippen LogP contribution in [-0.2, 0) is 17.1 Å². The van der Waals surface area contributed by atoms with Gasteiger partial charge in [0, 0.05) is 13.1 Å². The second kappa shape index (κ2) is 5.45. The molecule has 3 N–H and O–H groups in total. The quantitative estimate of drug-likeness (QED) is 0.890. The Morgan fingerprint density at radius 2 is 2.10 bits per heavy atom. The second-order valence-electron chi connectivity index (χ2n) is 4.38. The molecule has 0 spiro atoms. The molecule has 2 aromatic rings. The number of methoxy groups -OCH3 is 1. The van der Waals surface area contributed by atoms with E-state index in [0.29, 0.717) is 22.2 Å². The number of ether oxygens (including phenoxy) is 1. The van der Waals surface area contributed by atoms with Crippen LogP contribution in [0.2, 0.25) is 5.02 Å². The molecule has 7 nitrogen and oxygen atoms in total. The predicted molar refractivity (Wildman–Crippen MR) is 81.2 cm³/mol. The van der Waals surface area contributed by atoms with Crippen molar-refractivity contribution in [1.82, 2.24) is 9.78 Å². The molecule has 0 atom stereocenters. The average molecular weight is 331 g/mol. The van der Waals surface area contributed by atoms with Gasteiger partial charge in [-0.05, 0) is 19.1 Å². The van der Waals surface area contributed by atoms with Gasteiger partial charge in [0.2, 0.25) is 0 Å². The van der Waals surface area contributed by atoms with Crippen molar-refractivity contribution in [2.75, 3.05) is 17.6 Å². The minimum absolute atomic E-state index is 0.0427. The molecule has 0 saturated heterocycles. The van der Waals surface area contributed by atoms with Gasteiger partial charge < -0.3 is 10.5 Å². The topological polar surface area (TPSA) is 99.2 Å². The van der Waals surface area contributed by atoms with Gasteiger partial charge in [-0.25, -0.2) is 8.42 Å². The first-order chi connectivity index (χ1) is 9.76. The summed E-state index contributed by atoms with van der Waals surface area (Å²) in [5.41, 5.74) is 6.43. The van der Waals surface area contributed by atoms with Crippen LogP contribution < -0.4 is 15.2 Å². The van der Waals surface area contributed by atoms with Crippen molar-refractivity contribution in [1.29, 1.82) is 0 Å².